The summed E-state index contributed by atoms with van der Waals surface area (Å²) >= 11 is 1.25. The lowest BCUT2D eigenvalue weighted by Gasteiger charge is -2.22. The molecule has 8 nitrogen and oxygen atoms in total. The van der Waals surface area contributed by atoms with Crippen LogP contribution in [0, 0.1) is 6.92 Å². The summed E-state index contributed by atoms with van der Waals surface area (Å²) in [7, 11) is 0. The fourth-order valence-corrected chi connectivity index (χ4v) is 4.62. The van der Waals surface area contributed by atoms with E-state index in [2.05, 4.69) is 20.8 Å². The van der Waals surface area contributed by atoms with Crippen LogP contribution in [0.15, 0.2) is 52.2 Å². The number of carbonyl (C=O) groups is 2. The van der Waals surface area contributed by atoms with Gasteiger partial charge in [-0.1, -0.05) is 61.4 Å². The van der Waals surface area contributed by atoms with Gasteiger partial charge in [0.2, 0.25) is 5.91 Å². The normalized spacial score (nSPS) is 14.3. The molecule has 2 N–H and O–H groups in total. The highest BCUT2D eigenvalue weighted by atomic mass is 32.2. The molecule has 0 saturated heterocycles. The lowest BCUT2D eigenvalue weighted by Crippen LogP contribution is -2.45. The molecule has 4 rings (SSSR count). The van der Waals surface area contributed by atoms with Crippen LogP contribution in [0.25, 0.3) is 11.4 Å². The Hall–Kier alpha value is -3.07. The van der Waals surface area contributed by atoms with Crippen LogP contribution in [-0.2, 0) is 11.3 Å². The van der Waals surface area contributed by atoms with Gasteiger partial charge in [0.25, 0.3) is 0 Å². The third-order valence-electron chi connectivity index (χ3n) is 5.53. The highest BCUT2D eigenvalue weighted by molar-refractivity contribution is 7.99. The molecule has 1 aliphatic rings. The Bertz CT molecular complexity index is 1060. The molecule has 0 bridgehead atoms. The van der Waals surface area contributed by atoms with Gasteiger partial charge in [0, 0.05) is 6.04 Å². The number of carbonyl (C=O) groups excluding carboxylic acids is 2. The molecule has 0 aliphatic heterocycles. The number of urea groups is 1. The van der Waals surface area contributed by atoms with E-state index in [1.807, 2.05) is 47.9 Å². The third kappa shape index (κ3) is 5.59. The molecule has 3 amide bonds. The maximum Gasteiger partial charge on any atom is 0.321 e. The first kappa shape index (κ1) is 22.1. The Morgan fingerprint density at radius 3 is 2.62 bits per heavy atom. The zero-order valence-electron chi connectivity index (χ0n) is 18.0. The van der Waals surface area contributed by atoms with E-state index in [-0.39, 0.29) is 17.7 Å². The van der Waals surface area contributed by atoms with Crippen LogP contribution in [0.4, 0.5) is 4.79 Å². The molecule has 3 aromatic rings. The number of hydrogen-bond acceptors (Lipinski definition) is 6. The maximum absolute atomic E-state index is 12.4. The molecule has 0 unspecified atom stereocenters. The second-order valence-electron chi connectivity index (χ2n) is 7.91. The fraction of sp³-hybridized carbons (Fsp3) is 0.391. The Morgan fingerprint density at radius 1 is 1.12 bits per heavy atom. The van der Waals surface area contributed by atoms with Crippen LogP contribution in [0.2, 0.25) is 0 Å². The summed E-state index contributed by atoms with van der Waals surface area (Å²) in [5.41, 5.74) is 1.95. The molecule has 1 fully saturated rings. The Morgan fingerprint density at radius 2 is 1.91 bits per heavy atom. The number of aryl methyl sites for hydroxylation is 1. The lowest BCUT2D eigenvalue weighted by atomic mass is 9.96. The number of rotatable bonds is 7. The van der Waals surface area contributed by atoms with Gasteiger partial charge < -0.3 is 9.73 Å². The number of aromatic nitrogens is 3. The van der Waals surface area contributed by atoms with E-state index >= 15 is 0 Å². The number of thioether (sulfide) groups is 1. The fourth-order valence-electron chi connectivity index (χ4n) is 3.88. The van der Waals surface area contributed by atoms with Crippen molar-refractivity contribution >= 4 is 23.7 Å². The lowest BCUT2D eigenvalue weighted by molar-refractivity contribution is -0.117. The van der Waals surface area contributed by atoms with E-state index in [1.54, 1.807) is 6.26 Å². The standard InChI is InChI=1S/C23H27N5O3S/c1-16-19(12-13-31-16)21-26-27-23(28(21)14-17-8-4-2-5-9-17)32-15-20(29)25-22(30)24-18-10-6-3-7-11-18/h2,4-5,8-9,12-13,18H,3,6-7,10-11,14-15H2,1H3,(H2,24,25,29,30). The number of nitrogens with one attached hydrogen (secondary N) is 2. The van der Waals surface area contributed by atoms with Crippen LogP contribution in [0.1, 0.15) is 43.4 Å². The van der Waals surface area contributed by atoms with Crippen molar-refractivity contribution < 1.29 is 14.0 Å². The number of benzene rings is 1. The topological polar surface area (TPSA) is 102 Å². The summed E-state index contributed by atoms with van der Waals surface area (Å²) in [6, 6.07) is 11.6. The summed E-state index contributed by atoms with van der Waals surface area (Å²) < 4.78 is 7.41. The highest BCUT2D eigenvalue weighted by Crippen LogP contribution is 2.28. The number of nitrogens with zero attached hydrogens (tertiary/aromatic N) is 3. The second kappa shape index (κ2) is 10.5. The van der Waals surface area contributed by atoms with Gasteiger partial charge in [-0.3, -0.25) is 14.7 Å². The van der Waals surface area contributed by atoms with Gasteiger partial charge in [-0.25, -0.2) is 4.79 Å². The van der Waals surface area contributed by atoms with Crippen LogP contribution in [0.5, 0.6) is 0 Å². The highest BCUT2D eigenvalue weighted by Gasteiger charge is 2.20. The summed E-state index contributed by atoms with van der Waals surface area (Å²) in [6.45, 7) is 2.43. The molecule has 1 saturated carbocycles. The molecule has 2 aromatic heterocycles. The van der Waals surface area contributed by atoms with Gasteiger partial charge in [0.05, 0.1) is 24.1 Å². The summed E-state index contributed by atoms with van der Waals surface area (Å²) in [6.07, 6.45) is 7.00. The van der Waals surface area contributed by atoms with Crippen molar-refractivity contribution in [1.29, 1.82) is 0 Å². The molecular formula is C23H27N5O3S. The minimum Gasteiger partial charge on any atom is -0.469 e. The molecule has 0 radical (unpaired) electrons. The Labute approximate surface area is 191 Å². The summed E-state index contributed by atoms with van der Waals surface area (Å²) in [4.78, 5) is 24.5. The van der Waals surface area contributed by atoms with E-state index in [0.29, 0.717) is 17.5 Å². The first-order valence-electron chi connectivity index (χ1n) is 10.8. The van der Waals surface area contributed by atoms with Crippen molar-refractivity contribution in [2.45, 2.75) is 56.8 Å². The van der Waals surface area contributed by atoms with Gasteiger partial charge >= 0.3 is 6.03 Å². The van der Waals surface area contributed by atoms with Crippen molar-refractivity contribution in [2.24, 2.45) is 0 Å². The SMILES string of the molecule is Cc1occc1-c1nnc(SCC(=O)NC(=O)NC2CCCCC2)n1Cc1ccccc1. The van der Waals surface area contributed by atoms with Crippen LogP contribution in [-0.4, -0.2) is 38.5 Å². The first-order valence-corrected chi connectivity index (χ1v) is 11.8. The quantitative estimate of drug-likeness (QED) is 0.521. The van der Waals surface area contributed by atoms with E-state index < -0.39 is 6.03 Å². The van der Waals surface area contributed by atoms with Gasteiger partial charge in [-0.15, -0.1) is 10.2 Å². The predicted octanol–water partition coefficient (Wildman–Crippen LogP) is 4.15. The average molecular weight is 454 g/mol. The summed E-state index contributed by atoms with van der Waals surface area (Å²) in [5, 5.41) is 14.6. The van der Waals surface area contributed by atoms with Crippen molar-refractivity contribution in [2.75, 3.05) is 5.75 Å². The number of amides is 3. The number of imide groups is 1. The van der Waals surface area contributed by atoms with E-state index in [9.17, 15) is 9.59 Å². The monoisotopic (exact) mass is 453 g/mol. The minimum absolute atomic E-state index is 0.0649. The van der Waals surface area contributed by atoms with Crippen molar-refractivity contribution in [1.82, 2.24) is 25.4 Å². The van der Waals surface area contributed by atoms with Gasteiger partial charge in [-0.2, -0.15) is 0 Å². The number of hydrogen-bond donors (Lipinski definition) is 2. The number of furan rings is 1. The molecule has 0 spiro atoms. The van der Waals surface area contributed by atoms with Crippen molar-refractivity contribution in [3.05, 3.63) is 54.0 Å². The molecule has 9 heteroatoms. The zero-order valence-corrected chi connectivity index (χ0v) is 18.9. The molecule has 1 aliphatic carbocycles. The Kier molecular flexibility index (Phi) is 7.26. The molecule has 1 aromatic carbocycles. The maximum atomic E-state index is 12.4. The van der Waals surface area contributed by atoms with Gasteiger partial charge in [0.1, 0.15) is 5.76 Å². The van der Waals surface area contributed by atoms with Crippen molar-refractivity contribution in [3.8, 4) is 11.4 Å². The van der Waals surface area contributed by atoms with Crippen LogP contribution >= 0.6 is 11.8 Å². The predicted molar refractivity (Wildman–Crippen MR) is 122 cm³/mol. The van der Waals surface area contributed by atoms with Gasteiger partial charge in [-0.05, 0) is 31.4 Å². The second-order valence-corrected chi connectivity index (χ2v) is 8.86. The van der Waals surface area contributed by atoms with Crippen LogP contribution in [0.3, 0.4) is 0 Å². The molecule has 168 valence electrons. The third-order valence-corrected chi connectivity index (χ3v) is 6.49. The molecule has 2 heterocycles. The molecule has 32 heavy (non-hydrogen) atoms. The van der Waals surface area contributed by atoms with Gasteiger partial charge in [0.15, 0.2) is 11.0 Å². The Balaban J connectivity index is 1.42. The van der Waals surface area contributed by atoms with E-state index in [1.165, 1.54) is 18.2 Å². The molecular weight excluding hydrogens is 426 g/mol. The average Bonchev–Trinajstić information content (AvgIpc) is 3.39. The molecule has 0 atom stereocenters. The summed E-state index contributed by atoms with van der Waals surface area (Å²) in [5.74, 6) is 1.13. The van der Waals surface area contributed by atoms with Crippen molar-refractivity contribution in [3.63, 3.8) is 0 Å². The van der Waals surface area contributed by atoms with E-state index in [0.717, 1.165) is 42.6 Å². The van der Waals surface area contributed by atoms with Crippen LogP contribution < -0.4 is 10.6 Å². The van der Waals surface area contributed by atoms with E-state index in [4.69, 9.17) is 4.42 Å². The zero-order chi connectivity index (χ0) is 22.3. The first-order chi connectivity index (χ1) is 15.6. The minimum atomic E-state index is -0.428. The smallest absolute Gasteiger partial charge is 0.321 e. The largest absolute Gasteiger partial charge is 0.469 e.